The summed E-state index contributed by atoms with van der Waals surface area (Å²) in [5.41, 5.74) is 0. The van der Waals surface area contributed by atoms with Crippen LogP contribution in [0, 0.1) is 0 Å². The third kappa shape index (κ3) is 3.80. The van der Waals surface area contributed by atoms with Crippen molar-refractivity contribution in [2.45, 2.75) is 45.2 Å². The van der Waals surface area contributed by atoms with Gasteiger partial charge in [0.2, 0.25) is 0 Å². The number of nitrogens with zero attached hydrogens (tertiary/aromatic N) is 1. The molecule has 1 fully saturated rings. The maximum atomic E-state index is 3.79. The van der Waals surface area contributed by atoms with Gasteiger partial charge in [-0.25, -0.2) is 0 Å². The molecule has 0 amide bonds. The van der Waals surface area contributed by atoms with Crippen LogP contribution in [-0.4, -0.2) is 30.6 Å². The zero-order chi connectivity index (χ0) is 12.1. The number of hydrogen-bond acceptors (Lipinski definition) is 3. The molecule has 17 heavy (non-hydrogen) atoms. The van der Waals surface area contributed by atoms with E-state index in [0.717, 1.165) is 0 Å². The lowest BCUT2D eigenvalue weighted by molar-refractivity contribution is 0.296. The van der Waals surface area contributed by atoms with Crippen molar-refractivity contribution in [3.8, 4) is 0 Å². The fraction of sp³-hybridized carbons (Fsp3) is 0.714. The van der Waals surface area contributed by atoms with E-state index in [0.29, 0.717) is 12.1 Å². The predicted molar refractivity (Wildman–Crippen MR) is 75.6 cm³/mol. The normalized spacial score (nSPS) is 24.5. The van der Waals surface area contributed by atoms with Crippen molar-refractivity contribution in [2.24, 2.45) is 0 Å². The van der Waals surface area contributed by atoms with Crippen LogP contribution in [0.3, 0.4) is 0 Å². The lowest BCUT2D eigenvalue weighted by atomic mass is 10.1. The lowest BCUT2D eigenvalue weighted by Crippen LogP contribution is -2.32. The Labute approximate surface area is 109 Å². The minimum absolute atomic E-state index is 0.508. The van der Waals surface area contributed by atoms with Gasteiger partial charge in [-0.1, -0.05) is 13.0 Å². The highest BCUT2D eigenvalue weighted by molar-refractivity contribution is 7.10. The summed E-state index contributed by atoms with van der Waals surface area (Å²) in [4.78, 5) is 4.03. The smallest absolute Gasteiger partial charge is 0.0388 e. The van der Waals surface area contributed by atoms with Crippen LogP contribution in [0.2, 0.25) is 0 Å². The minimum atomic E-state index is 0.508. The zero-order valence-corrected chi connectivity index (χ0v) is 11.8. The topological polar surface area (TPSA) is 15.3 Å². The summed E-state index contributed by atoms with van der Waals surface area (Å²) in [5.74, 6) is 0. The van der Waals surface area contributed by atoms with E-state index in [2.05, 4.69) is 41.6 Å². The van der Waals surface area contributed by atoms with Crippen LogP contribution in [0.5, 0.6) is 0 Å². The Morgan fingerprint density at radius 1 is 1.47 bits per heavy atom. The van der Waals surface area contributed by atoms with E-state index in [1.165, 1.54) is 43.8 Å². The van der Waals surface area contributed by atoms with Gasteiger partial charge in [-0.2, -0.15) is 0 Å². The van der Waals surface area contributed by atoms with Gasteiger partial charge in [0, 0.05) is 17.0 Å². The van der Waals surface area contributed by atoms with Crippen molar-refractivity contribution in [3.05, 3.63) is 22.4 Å². The van der Waals surface area contributed by atoms with E-state index in [1.54, 1.807) is 0 Å². The molecule has 1 aromatic rings. The van der Waals surface area contributed by atoms with E-state index in [1.807, 2.05) is 11.3 Å². The van der Waals surface area contributed by atoms with Crippen LogP contribution < -0.4 is 5.32 Å². The van der Waals surface area contributed by atoms with Crippen LogP contribution in [0.1, 0.15) is 44.0 Å². The van der Waals surface area contributed by atoms with Crippen molar-refractivity contribution in [1.29, 1.82) is 0 Å². The zero-order valence-electron chi connectivity index (χ0n) is 11.0. The first-order valence-corrected chi connectivity index (χ1v) is 7.69. The fourth-order valence-corrected chi connectivity index (χ4v) is 3.36. The molecule has 0 saturated carbocycles. The molecule has 0 spiro atoms. The van der Waals surface area contributed by atoms with Crippen LogP contribution in [-0.2, 0) is 0 Å². The fourth-order valence-electron chi connectivity index (χ4n) is 2.61. The quantitative estimate of drug-likeness (QED) is 0.885. The molecule has 1 aliphatic heterocycles. The van der Waals surface area contributed by atoms with Crippen molar-refractivity contribution < 1.29 is 0 Å². The maximum Gasteiger partial charge on any atom is 0.0388 e. The van der Waals surface area contributed by atoms with Gasteiger partial charge >= 0.3 is 0 Å². The molecule has 1 N–H and O–H groups in total. The molecule has 1 aromatic heterocycles. The molecule has 96 valence electrons. The molecule has 3 heteroatoms. The van der Waals surface area contributed by atoms with Crippen LogP contribution in [0.25, 0.3) is 0 Å². The lowest BCUT2D eigenvalue weighted by Gasteiger charge is -2.21. The Kier molecular flexibility index (Phi) is 5.01. The monoisotopic (exact) mass is 252 g/mol. The van der Waals surface area contributed by atoms with Gasteiger partial charge in [-0.15, -0.1) is 11.3 Å². The molecule has 1 saturated heterocycles. The van der Waals surface area contributed by atoms with E-state index in [-0.39, 0.29) is 0 Å². The van der Waals surface area contributed by atoms with Crippen molar-refractivity contribution in [2.75, 3.05) is 19.6 Å². The van der Waals surface area contributed by atoms with Crippen molar-refractivity contribution >= 4 is 11.3 Å². The summed E-state index contributed by atoms with van der Waals surface area (Å²) in [7, 11) is 0. The molecule has 2 rings (SSSR count). The van der Waals surface area contributed by atoms with Gasteiger partial charge in [0.05, 0.1) is 0 Å². The highest BCUT2D eigenvalue weighted by atomic mass is 32.1. The number of rotatable bonds is 4. The molecule has 2 nitrogen and oxygen atoms in total. The number of nitrogens with one attached hydrogen (secondary N) is 1. The Balaban J connectivity index is 1.82. The average molecular weight is 252 g/mol. The van der Waals surface area contributed by atoms with Gasteiger partial charge in [0.1, 0.15) is 0 Å². The Morgan fingerprint density at radius 2 is 2.35 bits per heavy atom. The molecular weight excluding hydrogens is 228 g/mol. The highest BCUT2D eigenvalue weighted by Gasteiger charge is 2.18. The first-order chi connectivity index (χ1) is 8.29. The van der Waals surface area contributed by atoms with Crippen molar-refractivity contribution in [1.82, 2.24) is 10.2 Å². The summed E-state index contributed by atoms with van der Waals surface area (Å²) in [6, 6.07) is 5.58. The maximum absolute atomic E-state index is 3.79. The summed E-state index contributed by atoms with van der Waals surface area (Å²) >= 11 is 1.86. The Bertz CT molecular complexity index is 310. The molecule has 0 aromatic carbocycles. The van der Waals surface area contributed by atoms with E-state index >= 15 is 0 Å². The first-order valence-electron chi connectivity index (χ1n) is 6.81. The number of likely N-dealkylation sites (tertiary alicyclic amines) is 1. The van der Waals surface area contributed by atoms with Crippen LogP contribution >= 0.6 is 11.3 Å². The first kappa shape index (κ1) is 13.1. The molecule has 2 atom stereocenters. The van der Waals surface area contributed by atoms with Gasteiger partial charge in [-0.3, -0.25) is 0 Å². The van der Waals surface area contributed by atoms with Crippen LogP contribution in [0.15, 0.2) is 17.5 Å². The molecule has 2 unspecified atom stereocenters. The molecule has 2 heterocycles. The summed E-state index contributed by atoms with van der Waals surface area (Å²) in [6.07, 6.45) is 3.96. The second-order valence-electron chi connectivity index (χ2n) is 4.97. The Morgan fingerprint density at radius 3 is 3.06 bits per heavy atom. The van der Waals surface area contributed by atoms with Gasteiger partial charge in [0.15, 0.2) is 0 Å². The van der Waals surface area contributed by atoms with E-state index in [4.69, 9.17) is 0 Å². The molecule has 0 bridgehead atoms. The molecule has 0 radical (unpaired) electrons. The SMILES string of the molecule is CCN1CCCC(NC(C)c2cccs2)CC1. The largest absolute Gasteiger partial charge is 0.307 e. The predicted octanol–water partition coefficient (Wildman–Crippen LogP) is 3.27. The van der Waals surface area contributed by atoms with E-state index < -0.39 is 0 Å². The van der Waals surface area contributed by atoms with Gasteiger partial charge < -0.3 is 10.2 Å². The highest BCUT2D eigenvalue weighted by Crippen LogP contribution is 2.21. The minimum Gasteiger partial charge on any atom is -0.307 e. The third-order valence-electron chi connectivity index (χ3n) is 3.72. The second kappa shape index (κ2) is 6.53. The number of thiophene rings is 1. The third-order valence-corrected chi connectivity index (χ3v) is 4.78. The number of hydrogen-bond donors (Lipinski definition) is 1. The average Bonchev–Trinajstić information content (AvgIpc) is 2.78. The van der Waals surface area contributed by atoms with E-state index in [9.17, 15) is 0 Å². The summed E-state index contributed by atoms with van der Waals surface area (Å²) in [5, 5.41) is 5.96. The standard InChI is InChI=1S/C14H24N2S/c1-3-16-9-4-6-13(8-10-16)15-12(2)14-7-5-11-17-14/h5,7,11-13,15H,3-4,6,8-10H2,1-2H3. The summed E-state index contributed by atoms with van der Waals surface area (Å²) in [6.45, 7) is 8.29. The molecular formula is C14H24N2S. The van der Waals surface area contributed by atoms with Crippen LogP contribution in [0.4, 0.5) is 0 Å². The van der Waals surface area contributed by atoms with Crippen molar-refractivity contribution in [3.63, 3.8) is 0 Å². The second-order valence-corrected chi connectivity index (χ2v) is 5.95. The van der Waals surface area contributed by atoms with Gasteiger partial charge in [0.25, 0.3) is 0 Å². The molecule has 1 aliphatic rings. The summed E-state index contributed by atoms with van der Waals surface area (Å²) < 4.78 is 0. The molecule has 0 aliphatic carbocycles. The van der Waals surface area contributed by atoms with Gasteiger partial charge in [-0.05, 0) is 57.3 Å². The Hall–Kier alpha value is -0.380.